The van der Waals surface area contributed by atoms with Crippen molar-refractivity contribution in [2.75, 3.05) is 13.7 Å². The molecule has 0 saturated carbocycles. The van der Waals surface area contributed by atoms with Crippen LogP contribution in [0.1, 0.15) is 43.1 Å². The van der Waals surface area contributed by atoms with Gasteiger partial charge in [-0.2, -0.15) is 0 Å². The molecule has 0 heterocycles. The second-order valence-electron chi connectivity index (χ2n) is 6.94. The fraction of sp³-hybridized carbons (Fsp3) is 0.391. The number of ether oxygens (including phenoxy) is 2. The monoisotopic (exact) mass is 383 g/mol. The summed E-state index contributed by atoms with van der Waals surface area (Å²) in [6, 6.07) is 17.1. The average Bonchev–Trinajstić information content (AvgIpc) is 2.75. The van der Waals surface area contributed by atoms with Gasteiger partial charge in [0.25, 0.3) is 5.91 Å². The molecule has 0 radical (unpaired) electrons. The molecule has 0 spiro atoms. The van der Waals surface area contributed by atoms with Crippen LogP contribution in [0.15, 0.2) is 54.6 Å². The smallest absolute Gasteiger partial charge is 0.310 e. The third kappa shape index (κ3) is 5.84. The molecular formula is C23H29NO4. The predicted octanol–water partition coefficient (Wildman–Crippen LogP) is 4.32. The number of hydrogen-bond acceptors (Lipinski definition) is 4. The molecule has 2 aromatic carbocycles. The highest BCUT2D eigenvalue weighted by Gasteiger charge is 2.25. The maximum Gasteiger partial charge on any atom is 0.310 e. The van der Waals surface area contributed by atoms with Crippen molar-refractivity contribution in [3.8, 4) is 5.75 Å². The summed E-state index contributed by atoms with van der Waals surface area (Å²) in [5.41, 5.74) is 1.66. The molecule has 2 rings (SSSR count). The van der Waals surface area contributed by atoms with Gasteiger partial charge in [0.05, 0.1) is 13.0 Å². The number of carbonyl (C=O) groups excluding carboxylic acids is 2. The summed E-state index contributed by atoms with van der Waals surface area (Å²) in [6.45, 7) is 6.58. The van der Waals surface area contributed by atoms with Crippen molar-refractivity contribution < 1.29 is 19.1 Å². The second kappa shape index (κ2) is 10.5. The molecule has 5 heteroatoms. The Morgan fingerprint density at radius 3 is 2.21 bits per heavy atom. The standard InChI is InChI=1S/C23H29NO4/c1-5-18(3)24(15-17(2)23(26)27-4)22(25)20-11-13-21(14-12-20)28-16-19-9-7-6-8-10-19/h6-14,17-18H,5,15-16H2,1-4H3. The molecule has 0 aromatic heterocycles. The second-order valence-corrected chi connectivity index (χ2v) is 6.94. The van der Waals surface area contributed by atoms with Gasteiger partial charge in [-0.3, -0.25) is 9.59 Å². The fourth-order valence-corrected chi connectivity index (χ4v) is 2.85. The van der Waals surface area contributed by atoms with Crippen LogP contribution in [0.2, 0.25) is 0 Å². The highest BCUT2D eigenvalue weighted by atomic mass is 16.5. The van der Waals surface area contributed by atoms with E-state index in [9.17, 15) is 9.59 Å². The summed E-state index contributed by atoms with van der Waals surface area (Å²) in [5, 5.41) is 0. The van der Waals surface area contributed by atoms with E-state index in [-0.39, 0.29) is 23.8 Å². The van der Waals surface area contributed by atoms with Gasteiger partial charge in [-0.1, -0.05) is 44.2 Å². The number of hydrogen-bond donors (Lipinski definition) is 0. The van der Waals surface area contributed by atoms with Crippen LogP contribution in [0.3, 0.4) is 0 Å². The summed E-state index contributed by atoms with van der Waals surface area (Å²) in [5.74, 6) is -0.0830. The fourth-order valence-electron chi connectivity index (χ4n) is 2.85. The number of nitrogens with zero attached hydrogens (tertiary/aromatic N) is 1. The molecular weight excluding hydrogens is 354 g/mol. The Morgan fingerprint density at radius 1 is 1.00 bits per heavy atom. The van der Waals surface area contributed by atoms with E-state index >= 15 is 0 Å². The highest BCUT2D eigenvalue weighted by molar-refractivity contribution is 5.94. The van der Waals surface area contributed by atoms with E-state index in [2.05, 4.69) is 0 Å². The maximum atomic E-state index is 13.0. The first-order chi connectivity index (χ1) is 13.5. The Bertz CT molecular complexity index is 758. The van der Waals surface area contributed by atoms with Crippen molar-refractivity contribution in [1.29, 1.82) is 0 Å². The van der Waals surface area contributed by atoms with E-state index in [4.69, 9.17) is 9.47 Å². The first kappa shape index (κ1) is 21.5. The van der Waals surface area contributed by atoms with Gasteiger partial charge in [-0.15, -0.1) is 0 Å². The topological polar surface area (TPSA) is 55.8 Å². The zero-order valence-corrected chi connectivity index (χ0v) is 17.1. The summed E-state index contributed by atoms with van der Waals surface area (Å²) in [4.78, 5) is 26.5. The average molecular weight is 383 g/mol. The van der Waals surface area contributed by atoms with Crippen LogP contribution in [0.4, 0.5) is 0 Å². The molecule has 1 amide bonds. The normalized spacial score (nSPS) is 12.7. The van der Waals surface area contributed by atoms with E-state index in [1.165, 1.54) is 7.11 Å². The quantitative estimate of drug-likeness (QED) is 0.605. The summed E-state index contributed by atoms with van der Waals surface area (Å²) >= 11 is 0. The van der Waals surface area contributed by atoms with Crippen LogP contribution in [0.5, 0.6) is 5.75 Å². The SMILES string of the molecule is CCC(C)N(CC(C)C(=O)OC)C(=O)c1ccc(OCc2ccccc2)cc1. The minimum absolute atomic E-state index is 0.0219. The van der Waals surface area contributed by atoms with Gasteiger partial charge in [-0.05, 0) is 43.2 Å². The van der Waals surface area contributed by atoms with Crippen molar-refractivity contribution in [3.63, 3.8) is 0 Å². The Hall–Kier alpha value is -2.82. The predicted molar refractivity (Wildman–Crippen MR) is 109 cm³/mol. The largest absolute Gasteiger partial charge is 0.489 e. The minimum Gasteiger partial charge on any atom is -0.489 e. The van der Waals surface area contributed by atoms with Crippen molar-refractivity contribution in [2.45, 2.75) is 39.8 Å². The van der Waals surface area contributed by atoms with Crippen molar-refractivity contribution in [2.24, 2.45) is 5.92 Å². The molecule has 2 atom stereocenters. The van der Waals surface area contributed by atoms with Gasteiger partial charge < -0.3 is 14.4 Å². The molecule has 0 fully saturated rings. The molecule has 0 saturated heterocycles. The molecule has 0 N–H and O–H groups in total. The van der Waals surface area contributed by atoms with E-state index in [0.29, 0.717) is 24.5 Å². The van der Waals surface area contributed by atoms with Crippen LogP contribution >= 0.6 is 0 Å². The lowest BCUT2D eigenvalue weighted by Gasteiger charge is -2.30. The molecule has 0 bridgehead atoms. The van der Waals surface area contributed by atoms with Crippen LogP contribution < -0.4 is 4.74 Å². The number of methoxy groups -OCH3 is 1. The Kier molecular flexibility index (Phi) is 8.05. The zero-order valence-electron chi connectivity index (χ0n) is 17.1. The zero-order chi connectivity index (χ0) is 20.5. The van der Waals surface area contributed by atoms with E-state index in [1.54, 1.807) is 36.1 Å². The molecule has 5 nitrogen and oxygen atoms in total. The van der Waals surface area contributed by atoms with Crippen LogP contribution in [-0.2, 0) is 16.1 Å². The Balaban J connectivity index is 2.06. The number of amides is 1. The minimum atomic E-state index is -0.378. The van der Waals surface area contributed by atoms with Crippen molar-refractivity contribution in [3.05, 3.63) is 65.7 Å². The molecule has 0 aliphatic rings. The molecule has 2 aromatic rings. The van der Waals surface area contributed by atoms with Crippen LogP contribution in [0, 0.1) is 5.92 Å². The summed E-state index contributed by atoms with van der Waals surface area (Å²) < 4.78 is 10.6. The lowest BCUT2D eigenvalue weighted by Crippen LogP contribution is -2.42. The molecule has 0 aliphatic heterocycles. The molecule has 0 aliphatic carbocycles. The third-order valence-corrected chi connectivity index (χ3v) is 4.81. The number of benzene rings is 2. The van der Waals surface area contributed by atoms with Gasteiger partial charge in [0, 0.05) is 18.2 Å². The van der Waals surface area contributed by atoms with Crippen LogP contribution in [-0.4, -0.2) is 36.5 Å². The molecule has 2 unspecified atom stereocenters. The molecule has 28 heavy (non-hydrogen) atoms. The van der Waals surface area contributed by atoms with E-state index in [1.807, 2.05) is 44.2 Å². The van der Waals surface area contributed by atoms with Crippen molar-refractivity contribution in [1.82, 2.24) is 4.90 Å². The highest BCUT2D eigenvalue weighted by Crippen LogP contribution is 2.18. The van der Waals surface area contributed by atoms with Crippen molar-refractivity contribution >= 4 is 11.9 Å². The van der Waals surface area contributed by atoms with Crippen LogP contribution in [0.25, 0.3) is 0 Å². The lowest BCUT2D eigenvalue weighted by atomic mass is 10.1. The number of carbonyl (C=O) groups is 2. The van der Waals surface area contributed by atoms with Gasteiger partial charge in [0.2, 0.25) is 0 Å². The van der Waals surface area contributed by atoms with E-state index in [0.717, 1.165) is 12.0 Å². The van der Waals surface area contributed by atoms with E-state index < -0.39 is 0 Å². The lowest BCUT2D eigenvalue weighted by molar-refractivity contribution is -0.145. The first-order valence-electron chi connectivity index (χ1n) is 9.61. The Morgan fingerprint density at radius 2 is 1.64 bits per heavy atom. The van der Waals surface area contributed by atoms with Gasteiger partial charge in [0.1, 0.15) is 12.4 Å². The van der Waals surface area contributed by atoms with Gasteiger partial charge in [-0.25, -0.2) is 0 Å². The third-order valence-electron chi connectivity index (χ3n) is 4.81. The summed E-state index contributed by atoms with van der Waals surface area (Å²) in [6.07, 6.45) is 0.803. The van der Waals surface area contributed by atoms with Gasteiger partial charge in [0.15, 0.2) is 0 Å². The Labute approximate surface area is 167 Å². The summed E-state index contributed by atoms with van der Waals surface area (Å²) in [7, 11) is 1.36. The number of rotatable bonds is 9. The molecule has 150 valence electrons. The van der Waals surface area contributed by atoms with Gasteiger partial charge >= 0.3 is 5.97 Å². The number of esters is 1. The maximum absolute atomic E-state index is 13.0. The first-order valence-corrected chi connectivity index (χ1v) is 9.61.